The standard InChI is InChI=1S/C32H40N4O9/c1-16-19(4)44-29-18(3)30-24(11-23(16)29)17(2)22(32(43)45-30)9-10-25(37)34-13-27(39)36-15-28(40)35-14-26(38)33-12-20-5-7-21(8-6-20)31(41)42/h11,20-21H,5-10,12-15H2,1-4H3,(H,33,38)(H,34,37)(H,35,40)(H,36,39)(H,41,42). The lowest BCUT2D eigenvalue weighted by Crippen LogP contribution is -2.45. The van der Waals surface area contributed by atoms with Crippen molar-refractivity contribution in [2.45, 2.75) is 66.2 Å². The van der Waals surface area contributed by atoms with E-state index < -0.39 is 29.3 Å². The molecule has 5 N–H and O–H groups in total. The van der Waals surface area contributed by atoms with Crippen LogP contribution >= 0.6 is 0 Å². The van der Waals surface area contributed by atoms with Crippen molar-refractivity contribution in [2.75, 3.05) is 26.2 Å². The quantitative estimate of drug-likeness (QED) is 0.187. The Balaban J connectivity index is 1.16. The van der Waals surface area contributed by atoms with Crippen LogP contribution in [0, 0.1) is 39.5 Å². The van der Waals surface area contributed by atoms with E-state index in [1.54, 1.807) is 0 Å². The number of fused-ring (bicyclic) bond motifs is 2. The summed E-state index contributed by atoms with van der Waals surface area (Å²) in [6.07, 6.45) is 2.68. The largest absolute Gasteiger partial charge is 0.481 e. The number of hydrogen-bond donors (Lipinski definition) is 5. The normalized spacial score (nSPS) is 16.4. The number of aryl methyl sites for hydroxylation is 4. The first-order chi connectivity index (χ1) is 21.3. The van der Waals surface area contributed by atoms with Gasteiger partial charge >= 0.3 is 11.6 Å². The Labute approximate surface area is 259 Å². The molecule has 0 radical (unpaired) electrons. The van der Waals surface area contributed by atoms with Crippen molar-refractivity contribution in [1.82, 2.24) is 21.3 Å². The van der Waals surface area contributed by atoms with Crippen LogP contribution in [0.4, 0.5) is 0 Å². The monoisotopic (exact) mass is 624 g/mol. The molecule has 13 nitrogen and oxygen atoms in total. The maximum absolute atomic E-state index is 12.8. The van der Waals surface area contributed by atoms with E-state index >= 15 is 0 Å². The van der Waals surface area contributed by atoms with E-state index in [1.165, 1.54) is 0 Å². The zero-order valence-electron chi connectivity index (χ0n) is 26.0. The summed E-state index contributed by atoms with van der Waals surface area (Å²) in [5.74, 6) is -2.10. The first-order valence-corrected chi connectivity index (χ1v) is 15.1. The third-order valence-electron chi connectivity index (χ3n) is 8.67. The van der Waals surface area contributed by atoms with Crippen molar-refractivity contribution in [2.24, 2.45) is 11.8 Å². The molecule has 4 amide bonds. The van der Waals surface area contributed by atoms with Gasteiger partial charge in [0.1, 0.15) is 16.9 Å². The fourth-order valence-corrected chi connectivity index (χ4v) is 5.70. The van der Waals surface area contributed by atoms with Gasteiger partial charge in [0.15, 0.2) is 0 Å². The number of aliphatic carboxylic acids is 1. The Bertz CT molecular complexity index is 1700. The first kappa shape index (κ1) is 33.2. The molecule has 1 aliphatic rings. The summed E-state index contributed by atoms with van der Waals surface area (Å²) in [5, 5.41) is 20.8. The molecule has 13 heteroatoms. The molecule has 0 bridgehead atoms. The van der Waals surface area contributed by atoms with E-state index in [0.29, 0.717) is 36.1 Å². The second-order valence-electron chi connectivity index (χ2n) is 11.7. The van der Waals surface area contributed by atoms with Crippen molar-refractivity contribution in [3.05, 3.63) is 44.5 Å². The average molecular weight is 625 g/mol. The van der Waals surface area contributed by atoms with Gasteiger partial charge in [0.2, 0.25) is 23.6 Å². The summed E-state index contributed by atoms with van der Waals surface area (Å²) in [5.41, 5.74) is 3.44. The van der Waals surface area contributed by atoms with Crippen molar-refractivity contribution in [3.63, 3.8) is 0 Å². The Morgan fingerprint density at radius 2 is 1.27 bits per heavy atom. The van der Waals surface area contributed by atoms with Gasteiger partial charge in [-0.25, -0.2) is 4.79 Å². The number of carboxylic acid groups (broad SMARTS) is 1. The van der Waals surface area contributed by atoms with Crippen LogP contribution in [-0.4, -0.2) is 60.9 Å². The Morgan fingerprint density at radius 1 is 0.733 bits per heavy atom. The molecule has 1 fully saturated rings. The molecule has 0 saturated heterocycles. The molecule has 45 heavy (non-hydrogen) atoms. The summed E-state index contributed by atoms with van der Waals surface area (Å²) >= 11 is 0. The lowest BCUT2D eigenvalue weighted by molar-refractivity contribution is -0.143. The van der Waals surface area contributed by atoms with E-state index in [-0.39, 0.29) is 50.2 Å². The van der Waals surface area contributed by atoms with Gasteiger partial charge in [-0.15, -0.1) is 0 Å². The van der Waals surface area contributed by atoms with E-state index in [2.05, 4.69) is 21.3 Å². The summed E-state index contributed by atoms with van der Waals surface area (Å²) in [7, 11) is 0. The molecule has 4 rings (SSSR count). The average Bonchev–Trinajstić information content (AvgIpc) is 3.30. The number of furan rings is 1. The highest BCUT2D eigenvalue weighted by atomic mass is 16.4. The van der Waals surface area contributed by atoms with Gasteiger partial charge in [-0.05, 0) is 82.9 Å². The van der Waals surface area contributed by atoms with Gasteiger partial charge in [0.05, 0.1) is 25.6 Å². The van der Waals surface area contributed by atoms with Crippen LogP contribution in [0.2, 0.25) is 0 Å². The maximum Gasteiger partial charge on any atom is 0.339 e. The molecule has 0 atom stereocenters. The number of amides is 4. The lowest BCUT2D eigenvalue weighted by atomic mass is 9.82. The molecule has 3 aromatic rings. The van der Waals surface area contributed by atoms with Crippen molar-refractivity contribution in [3.8, 4) is 0 Å². The minimum Gasteiger partial charge on any atom is -0.481 e. The SMILES string of the molecule is Cc1oc2c(C)c3oc(=O)c(CCC(=O)NCC(=O)NCC(=O)NCC(=O)NCC4CCC(C(=O)O)CC4)c(C)c3cc2c1C. The highest BCUT2D eigenvalue weighted by Crippen LogP contribution is 2.34. The number of benzene rings is 1. The topological polar surface area (TPSA) is 197 Å². The Morgan fingerprint density at radius 3 is 1.87 bits per heavy atom. The molecule has 0 spiro atoms. The number of carbonyl (C=O) groups excluding carboxylic acids is 4. The minimum atomic E-state index is -0.783. The number of carboxylic acids is 1. The number of nitrogens with one attached hydrogen (secondary N) is 4. The number of rotatable bonds is 12. The van der Waals surface area contributed by atoms with Crippen LogP contribution in [0.3, 0.4) is 0 Å². The van der Waals surface area contributed by atoms with Crippen molar-refractivity contribution < 1.29 is 37.9 Å². The van der Waals surface area contributed by atoms with Gasteiger partial charge in [0, 0.05) is 34.9 Å². The van der Waals surface area contributed by atoms with Crippen LogP contribution in [0.1, 0.15) is 60.1 Å². The molecule has 242 valence electrons. The molecule has 1 aliphatic carbocycles. The molecular weight excluding hydrogens is 584 g/mol. The van der Waals surface area contributed by atoms with Gasteiger partial charge < -0.3 is 35.2 Å². The summed E-state index contributed by atoms with van der Waals surface area (Å²) in [6, 6.07) is 1.94. The molecule has 2 heterocycles. The van der Waals surface area contributed by atoms with Gasteiger partial charge in [0.25, 0.3) is 0 Å². The van der Waals surface area contributed by atoms with Gasteiger partial charge in [-0.1, -0.05) is 0 Å². The van der Waals surface area contributed by atoms with Crippen LogP contribution < -0.4 is 26.9 Å². The molecule has 0 unspecified atom stereocenters. The molecule has 0 aliphatic heterocycles. The fraction of sp³-hybridized carbons (Fsp3) is 0.500. The highest BCUT2D eigenvalue weighted by Gasteiger charge is 2.26. The predicted molar refractivity (Wildman–Crippen MR) is 165 cm³/mol. The maximum atomic E-state index is 12.8. The first-order valence-electron chi connectivity index (χ1n) is 15.1. The van der Waals surface area contributed by atoms with E-state index in [9.17, 15) is 28.8 Å². The second kappa shape index (κ2) is 14.4. The molecular formula is C32H40N4O9. The smallest absolute Gasteiger partial charge is 0.339 e. The second-order valence-corrected chi connectivity index (χ2v) is 11.7. The fourth-order valence-electron chi connectivity index (χ4n) is 5.70. The van der Waals surface area contributed by atoms with Crippen molar-refractivity contribution in [1.29, 1.82) is 0 Å². The predicted octanol–water partition coefficient (Wildman–Crippen LogP) is 2.06. The molecule has 1 aromatic carbocycles. The van der Waals surface area contributed by atoms with E-state index in [0.717, 1.165) is 46.1 Å². The number of carbonyl (C=O) groups is 5. The highest BCUT2D eigenvalue weighted by molar-refractivity contribution is 6.00. The van der Waals surface area contributed by atoms with Crippen LogP contribution in [0.25, 0.3) is 21.9 Å². The molecule has 2 aromatic heterocycles. The van der Waals surface area contributed by atoms with Crippen LogP contribution in [0.15, 0.2) is 19.7 Å². The van der Waals surface area contributed by atoms with Gasteiger partial charge in [-0.2, -0.15) is 0 Å². The summed E-state index contributed by atoms with van der Waals surface area (Å²) < 4.78 is 11.5. The van der Waals surface area contributed by atoms with Crippen LogP contribution in [-0.2, 0) is 30.4 Å². The van der Waals surface area contributed by atoms with E-state index in [4.69, 9.17) is 13.9 Å². The molecule has 1 saturated carbocycles. The van der Waals surface area contributed by atoms with E-state index in [1.807, 2.05) is 33.8 Å². The summed E-state index contributed by atoms with van der Waals surface area (Å²) in [4.78, 5) is 72.5. The van der Waals surface area contributed by atoms with Gasteiger partial charge in [-0.3, -0.25) is 24.0 Å². The zero-order valence-corrected chi connectivity index (χ0v) is 26.0. The zero-order chi connectivity index (χ0) is 32.8. The van der Waals surface area contributed by atoms with Crippen LogP contribution in [0.5, 0.6) is 0 Å². The third-order valence-corrected chi connectivity index (χ3v) is 8.67. The summed E-state index contributed by atoms with van der Waals surface area (Å²) in [6.45, 7) is 6.92. The Hall–Kier alpha value is -4.68. The van der Waals surface area contributed by atoms with Crippen molar-refractivity contribution >= 4 is 51.5 Å². The lowest BCUT2D eigenvalue weighted by Gasteiger charge is -2.26. The Kier molecular flexibility index (Phi) is 10.6. The minimum absolute atomic E-state index is 0.0495. The third kappa shape index (κ3) is 8.08. The number of hydrogen-bond acceptors (Lipinski definition) is 8.